The molecule has 0 aliphatic carbocycles. The topological polar surface area (TPSA) is 49.4 Å². The van der Waals surface area contributed by atoms with Gasteiger partial charge in [0.25, 0.3) is 11.8 Å². The molecule has 1 N–H and O–H groups in total. The van der Waals surface area contributed by atoms with Gasteiger partial charge in [-0.3, -0.25) is 19.8 Å². The van der Waals surface area contributed by atoms with Crippen LogP contribution in [-0.2, 0) is 9.59 Å². The molecule has 0 unspecified atom stereocenters. The molecule has 1 heterocycles. The smallest absolute Gasteiger partial charge is 0.270 e. The van der Waals surface area contributed by atoms with Gasteiger partial charge in [-0.15, -0.1) is 0 Å². The predicted molar refractivity (Wildman–Crippen MR) is 101 cm³/mol. The Kier molecular flexibility index (Phi) is 4.94. The molecule has 0 spiro atoms. The monoisotopic (exact) mass is 366 g/mol. The molecule has 1 saturated heterocycles. The number of benzene rings is 2. The van der Waals surface area contributed by atoms with E-state index in [0.29, 0.717) is 10.7 Å². The van der Waals surface area contributed by atoms with Crippen molar-refractivity contribution >= 4 is 46.4 Å². The summed E-state index contributed by atoms with van der Waals surface area (Å²) < 4.78 is 0. The number of amides is 2. The van der Waals surface area contributed by atoms with E-state index in [0.717, 1.165) is 5.56 Å². The fraction of sp³-hybridized carbons (Fsp3) is 0. The van der Waals surface area contributed by atoms with Gasteiger partial charge < -0.3 is 0 Å². The molecule has 0 saturated carbocycles. The van der Waals surface area contributed by atoms with Crippen molar-refractivity contribution in [1.82, 2.24) is 5.32 Å². The molecule has 4 nitrogen and oxygen atoms in total. The van der Waals surface area contributed by atoms with E-state index < -0.39 is 11.8 Å². The van der Waals surface area contributed by atoms with Crippen LogP contribution in [0.25, 0.3) is 0 Å². The number of thiocarbonyl (C=S) groups is 1. The van der Waals surface area contributed by atoms with E-state index in [2.05, 4.69) is 17.2 Å². The molecule has 1 fully saturated rings. The van der Waals surface area contributed by atoms with E-state index in [-0.39, 0.29) is 10.7 Å². The largest absolute Gasteiger partial charge is 0.298 e. The average molecular weight is 367 g/mol. The van der Waals surface area contributed by atoms with Crippen LogP contribution in [0.4, 0.5) is 5.69 Å². The number of allylic oxidation sites excluding steroid dienone is 1. The Bertz CT molecular complexity index is 941. The van der Waals surface area contributed by atoms with Gasteiger partial charge in [-0.2, -0.15) is 0 Å². The number of carbonyl (C=O) groups is 2. The van der Waals surface area contributed by atoms with E-state index in [4.69, 9.17) is 23.8 Å². The fourth-order valence-electron chi connectivity index (χ4n) is 2.20. The Balaban J connectivity index is 1.92. The predicted octanol–water partition coefficient (Wildman–Crippen LogP) is 3.07. The van der Waals surface area contributed by atoms with Gasteiger partial charge in [0.1, 0.15) is 5.57 Å². The lowest BCUT2D eigenvalue weighted by atomic mass is 10.1. The number of hydrogen-bond donors (Lipinski definition) is 1. The lowest BCUT2D eigenvalue weighted by Gasteiger charge is -2.28. The first-order valence-electron chi connectivity index (χ1n) is 7.28. The number of carbonyl (C=O) groups excluding carboxylic acids is 2. The summed E-state index contributed by atoms with van der Waals surface area (Å²) in [4.78, 5) is 26.0. The summed E-state index contributed by atoms with van der Waals surface area (Å²) in [5.74, 6) is 4.53. The highest BCUT2D eigenvalue weighted by Crippen LogP contribution is 2.22. The second-order valence-electron chi connectivity index (χ2n) is 5.07. The lowest BCUT2D eigenvalue weighted by molar-refractivity contribution is -0.122. The van der Waals surface area contributed by atoms with Crippen LogP contribution in [0.5, 0.6) is 0 Å². The number of halogens is 1. The van der Waals surface area contributed by atoms with Gasteiger partial charge in [0.05, 0.1) is 5.69 Å². The van der Waals surface area contributed by atoms with Crippen molar-refractivity contribution < 1.29 is 9.59 Å². The maximum Gasteiger partial charge on any atom is 0.270 e. The molecular weight excluding hydrogens is 356 g/mol. The molecule has 2 aromatic carbocycles. The maximum atomic E-state index is 12.7. The van der Waals surface area contributed by atoms with Crippen LogP contribution < -0.4 is 10.2 Å². The lowest BCUT2D eigenvalue weighted by Crippen LogP contribution is -2.54. The molecule has 25 heavy (non-hydrogen) atoms. The molecule has 2 amide bonds. The quantitative estimate of drug-likeness (QED) is 0.365. The van der Waals surface area contributed by atoms with Crippen molar-refractivity contribution in [2.24, 2.45) is 0 Å². The third-order valence-electron chi connectivity index (χ3n) is 3.39. The average Bonchev–Trinajstić information content (AvgIpc) is 2.60. The highest BCUT2D eigenvalue weighted by molar-refractivity contribution is 7.80. The van der Waals surface area contributed by atoms with Crippen molar-refractivity contribution in [3.05, 3.63) is 76.8 Å². The number of nitrogens with zero attached hydrogens (tertiary/aromatic N) is 1. The van der Waals surface area contributed by atoms with Gasteiger partial charge in [0.15, 0.2) is 5.11 Å². The third-order valence-corrected chi connectivity index (χ3v) is 3.93. The van der Waals surface area contributed by atoms with Gasteiger partial charge in [0, 0.05) is 16.7 Å². The van der Waals surface area contributed by atoms with Gasteiger partial charge in [-0.05, 0) is 48.6 Å². The standard InChI is InChI=1S/C19H11ClN2O2S/c20-14-9-11-15(12-10-14)22-18(24)16(17(23)21-19(22)25)8-4-7-13-5-2-1-3-6-13/h1-3,5-6,8-12H,(H,21,23,25)/b16-8-. The van der Waals surface area contributed by atoms with E-state index in [9.17, 15) is 9.59 Å². The minimum Gasteiger partial charge on any atom is -0.298 e. The van der Waals surface area contributed by atoms with E-state index in [1.165, 1.54) is 11.0 Å². The summed E-state index contributed by atoms with van der Waals surface area (Å²) in [6.07, 6.45) is 1.30. The summed E-state index contributed by atoms with van der Waals surface area (Å²) in [6.45, 7) is 0. The Morgan fingerprint density at radius 2 is 1.72 bits per heavy atom. The number of nitrogens with one attached hydrogen (secondary N) is 1. The summed E-state index contributed by atoms with van der Waals surface area (Å²) in [5, 5.41) is 3.05. The Hall–Kier alpha value is -2.94. The molecule has 3 rings (SSSR count). The molecular formula is C19H11ClN2O2S. The third kappa shape index (κ3) is 3.77. The fourth-order valence-corrected chi connectivity index (χ4v) is 2.60. The first-order chi connectivity index (χ1) is 12.1. The zero-order valence-electron chi connectivity index (χ0n) is 12.8. The van der Waals surface area contributed by atoms with Gasteiger partial charge in [-0.25, -0.2) is 0 Å². The van der Waals surface area contributed by atoms with Crippen LogP contribution in [0.3, 0.4) is 0 Å². The molecule has 122 valence electrons. The second-order valence-corrected chi connectivity index (χ2v) is 5.89. The molecule has 0 radical (unpaired) electrons. The van der Waals surface area contributed by atoms with Crippen LogP contribution in [0, 0.1) is 11.8 Å². The van der Waals surface area contributed by atoms with Crippen LogP contribution in [-0.4, -0.2) is 16.9 Å². The molecule has 0 atom stereocenters. The van der Waals surface area contributed by atoms with Gasteiger partial charge in [-0.1, -0.05) is 41.6 Å². The van der Waals surface area contributed by atoms with Crippen LogP contribution in [0.1, 0.15) is 5.56 Å². The summed E-state index contributed by atoms with van der Waals surface area (Å²) in [6, 6.07) is 15.9. The van der Waals surface area contributed by atoms with Crippen LogP contribution >= 0.6 is 23.8 Å². The van der Waals surface area contributed by atoms with Crippen molar-refractivity contribution in [3.63, 3.8) is 0 Å². The van der Waals surface area contributed by atoms with Gasteiger partial charge >= 0.3 is 0 Å². The van der Waals surface area contributed by atoms with Crippen molar-refractivity contribution in [2.75, 3.05) is 4.90 Å². The number of rotatable bonds is 1. The van der Waals surface area contributed by atoms with Gasteiger partial charge in [0.2, 0.25) is 0 Å². The van der Waals surface area contributed by atoms with E-state index in [1.807, 2.05) is 30.3 Å². The number of anilines is 1. The normalized spacial score (nSPS) is 15.6. The highest BCUT2D eigenvalue weighted by Gasteiger charge is 2.34. The molecule has 0 bridgehead atoms. The van der Waals surface area contributed by atoms with Crippen molar-refractivity contribution in [2.45, 2.75) is 0 Å². The molecule has 6 heteroatoms. The van der Waals surface area contributed by atoms with E-state index >= 15 is 0 Å². The Morgan fingerprint density at radius 3 is 2.40 bits per heavy atom. The zero-order chi connectivity index (χ0) is 17.8. The van der Waals surface area contributed by atoms with Crippen molar-refractivity contribution in [1.29, 1.82) is 0 Å². The molecule has 0 aromatic heterocycles. The van der Waals surface area contributed by atoms with Crippen LogP contribution in [0.2, 0.25) is 5.02 Å². The van der Waals surface area contributed by atoms with Crippen molar-refractivity contribution in [3.8, 4) is 11.8 Å². The van der Waals surface area contributed by atoms with E-state index in [1.54, 1.807) is 24.3 Å². The first kappa shape index (κ1) is 16.9. The second kappa shape index (κ2) is 7.31. The number of hydrogen-bond acceptors (Lipinski definition) is 3. The molecule has 2 aromatic rings. The molecule has 1 aliphatic rings. The minimum absolute atomic E-state index is 0.0190. The summed E-state index contributed by atoms with van der Waals surface area (Å²) in [5.41, 5.74) is 1.22. The van der Waals surface area contributed by atoms with Crippen LogP contribution in [0.15, 0.2) is 66.2 Å². The summed E-state index contributed by atoms with van der Waals surface area (Å²) >= 11 is 11.0. The molecule has 1 aliphatic heterocycles. The maximum absolute atomic E-state index is 12.7. The zero-order valence-corrected chi connectivity index (χ0v) is 14.4. The Morgan fingerprint density at radius 1 is 1.04 bits per heavy atom. The minimum atomic E-state index is -0.567. The first-order valence-corrected chi connectivity index (χ1v) is 8.07. The summed E-state index contributed by atoms with van der Waals surface area (Å²) in [7, 11) is 0. The highest BCUT2D eigenvalue weighted by atomic mass is 35.5. The Labute approximate surface area is 155 Å². The SMILES string of the molecule is O=C1NC(=S)N(c2ccc(Cl)cc2)C(=O)/C1=C\C#Cc1ccccc1.